The molecule has 0 fully saturated rings. The molecule has 0 aliphatic heterocycles. The first-order valence-corrected chi connectivity index (χ1v) is 16.2. The number of carbonyl (C=O) groups excluding carboxylic acids is 1. The van der Waals surface area contributed by atoms with E-state index in [1.54, 1.807) is 0 Å². The monoisotopic (exact) mass is 606 g/mol. The molecule has 0 spiro atoms. The summed E-state index contributed by atoms with van der Waals surface area (Å²) in [4.78, 5) is 16.1. The van der Waals surface area contributed by atoms with Crippen molar-refractivity contribution >= 4 is 30.8 Å². The van der Waals surface area contributed by atoms with Crippen LogP contribution in [0.5, 0.6) is 11.5 Å². The third kappa shape index (κ3) is 8.84. The number of alkyl halides is 4. The van der Waals surface area contributed by atoms with E-state index in [9.17, 15) is 31.1 Å². The van der Waals surface area contributed by atoms with Gasteiger partial charge in [0.2, 0.25) is 0 Å². The Hall–Kier alpha value is -3.30. The van der Waals surface area contributed by atoms with Gasteiger partial charge in [-0.15, -0.1) is 0 Å². The molecular weight excluding hydrogens is 574 g/mol. The van der Waals surface area contributed by atoms with Crippen LogP contribution in [0, 0.1) is 11.6 Å². The summed E-state index contributed by atoms with van der Waals surface area (Å²) in [6.45, 7) is 6.99. The molecule has 0 aliphatic rings. The van der Waals surface area contributed by atoms with Gasteiger partial charge in [-0.3, -0.25) is 0 Å². The molecule has 0 radical (unpaired) electrons. The first kappa shape index (κ1) is 32.2. The van der Waals surface area contributed by atoms with Crippen molar-refractivity contribution in [1.82, 2.24) is 14.9 Å². The molecule has 3 rings (SSSR count). The van der Waals surface area contributed by atoms with Crippen molar-refractivity contribution < 1.29 is 45.3 Å². The largest absolute Gasteiger partial charge is 0.450 e. The molecule has 41 heavy (non-hydrogen) atoms. The number of amides is 2. The lowest BCUT2D eigenvalue weighted by molar-refractivity contribution is -0.136. The van der Waals surface area contributed by atoms with Crippen molar-refractivity contribution in [1.29, 1.82) is 0 Å². The first-order chi connectivity index (χ1) is 19.0. The predicted octanol–water partition coefficient (Wildman–Crippen LogP) is 6.93. The number of hydrogen-bond donors (Lipinski definition) is 2. The second-order valence-electron chi connectivity index (χ2n) is 10.9. The zero-order chi connectivity index (χ0) is 30.6. The molecule has 226 valence electrons. The van der Waals surface area contributed by atoms with E-state index < -0.39 is 66.6 Å². The highest BCUT2D eigenvalue weighted by molar-refractivity contribution is 6.76. The second-order valence-corrected chi connectivity index (χ2v) is 16.5. The number of hydrogen-bond acceptors (Lipinski definition) is 5. The number of halogens is 6. The van der Waals surface area contributed by atoms with Gasteiger partial charge in [0.15, 0.2) is 17.4 Å². The second kappa shape index (κ2) is 12.7. The van der Waals surface area contributed by atoms with E-state index in [2.05, 4.69) is 35.3 Å². The average molecular weight is 607 g/mol. The number of fused-ring (bicyclic) bond motifs is 1. The summed E-state index contributed by atoms with van der Waals surface area (Å²) in [7, 11) is -0.147. The SMILES string of the molecule is COCC(C)(F)CNC(=O)Nc1cc(F)c(Oc2ccnc3c2c(C(F)(F)F)cn3COCC[Si](C)(C)C)c(F)c1. The van der Waals surface area contributed by atoms with Crippen molar-refractivity contribution in [3.05, 3.63) is 47.8 Å². The maximum Gasteiger partial charge on any atom is 0.418 e. The molecule has 8 nitrogen and oxygen atoms in total. The summed E-state index contributed by atoms with van der Waals surface area (Å²) < 4.78 is 103. The zero-order valence-corrected chi connectivity index (χ0v) is 24.2. The van der Waals surface area contributed by atoms with Gasteiger partial charge in [-0.1, -0.05) is 19.6 Å². The lowest BCUT2D eigenvalue weighted by Gasteiger charge is -2.20. The molecule has 2 N–H and O–H groups in total. The van der Waals surface area contributed by atoms with Gasteiger partial charge in [0.25, 0.3) is 0 Å². The minimum absolute atomic E-state index is 0.146. The summed E-state index contributed by atoms with van der Waals surface area (Å²) in [6.07, 6.45) is -2.87. The fourth-order valence-corrected chi connectivity index (χ4v) is 4.51. The van der Waals surface area contributed by atoms with Crippen LogP contribution in [0.15, 0.2) is 30.6 Å². The number of benzene rings is 1. The van der Waals surface area contributed by atoms with Gasteiger partial charge < -0.3 is 29.4 Å². The van der Waals surface area contributed by atoms with Crippen LogP contribution in [0.25, 0.3) is 11.0 Å². The number of ether oxygens (including phenoxy) is 3. The van der Waals surface area contributed by atoms with Gasteiger partial charge in [0.1, 0.15) is 23.8 Å². The molecule has 1 atom stereocenters. The van der Waals surface area contributed by atoms with E-state index in [-0.39, 0.29) is 24.7 Å². The van der Waals surface area contributed by atoms with Gasteiger partial charge >= 0.3 is 12.2 Å². The number of nitrogens with zero attached hydrogens (tertiary/aromatic N) is 2. The molecular formula is C26H32F6N4O4Si. The molecule has 0 saturated heterocycles. The third-order valence-electron chi connectivity index (χ3n) is 5.78. The highest BCUT2D eigenvalue weighted by Crippen LogP contribution is 2.42. The number of anilines is 1. The minimum Gasteiger partial charge on any atom is -0.450 e. The van der Waals surface area contributed by atoms with E-state index in [1.807, 2.05) is 0 Å². The van der Waals surface area contributed by atoms with E-state index >= 15 is 0 Å². The number of nitrogens with one attached hydrogen (secondary N) is 2. The standard InChI is InChI=1S/C26H32F6N4O4Si/c1-25(29,14-38-2)13-34-24(37)35-16-10-18(27)22(19(28)11-16)40-20-6-7-33-23-21(20)17(26(30,31)32)12-36(23)15-39-8-9-41(3,4)5/h6-7,10-12H,8-9,13-15H2,1-5H3,(H2,34,35,37). The number of urea groups is 1. The Balaban J connectivity index is 1.85. The van der Waals surface area contributed by atoms with Crippen LogP contribution < -0.4 is 15.4 Å². The Labute approximate surface area is 234 Å². The van der Waals surface area contributed by atoms with Crippen molar-refractivity contribution in [2.45, 2.75) is 51.2 Å². The normalized spacial score (nSPS) is 13.7. The number of rotatable bonds is 12. The van der Waals surface area contributed by atoms with E-state index in [4.69, 9.17) is 14.2 Å². The number of pyridine rings is 1. The Bertz CT molecular complexity index is 1350. The van der Waals surface area contributed by atoms with Crippen LogP contribution in [0.2, 0.25) is 25.7 Å². The van der Waals surface area contributed by atoms with Crippen LogP contribution in [-0.2, 0) is 22.4 Å². The number of aromatic nitrogens is 2. The highest BCUT2D eigenvalue weighted by Gasteiger charge is 2.37. The molecule has 2 aromatic heterocycles. The van der Waals surface area contributed by atoms with E-state index in [1.165, 1.54) is 14.0 Å². The van der Waals surface area contributed by atoms with Crippen LogP contribution in [0.1, 0.15) is 12.5 Å². The summed E-state index contributed by atoms with van der Waals surface area (Å²) in [5.74, 6) is -4.09. The van der Waals surface area contributed by atoms with Gasteiger partial charge in [0.05, 0.1) is 24.1 Å². The van der Waals surface area contributed by atoms with Crippen molar-refractivity contribution in [2.75, 3.05) is 32.2 Å². The maximum atomic E-state index is 14.9. The van der Waals surface area contributed by atoms with Crippen LogP contribution >= 0.6 is 0 Å². The third-order valence-corrected chi connectivity index (χ3v) is 7.49. The van der Waals surface area contributed by atoms with Gasteiger partial charge in [-0.05, 0) is 19.0 Å². The Kier molecular flexibility index (Phi) is 9.97. The lowest BCUT2D eigenvalue weighted by atomic mass is 10.1. The smallest absolute Gasteiger partial charge is 0.418 e. The average Bonchev–Trinajstić information content (AvgIpc) is 3.22. The molecule has 0 bridgehead atoms. The van der Waals surface area contributed by atoms with Crippen molar-refractivity contribution in [3.8, 4) is 11.5 Å². The quantitative estimate of drug-likeness (QED) is 0.133. The Morgan fingerprint density at radius 3 is 2.37 bits per heavy atom. The summed E-state index contributed by atoms with van der Waals surface area (Å²) >= 11 is 0. The Morgan fingerprint density at radius 1 is 1.12 bits per heavy atom. The Morgan fingerprint density at radius 2 is 1.78 bits per heavy atom. The molecule has 15 heteroatoms. The lowest BCUT2D eigenvalue weighted by Crippen LogP contribution is -2.42. The molecule has 1 unspecified atom stereocenters. The number of carbonyl (C=O) groups is 1. The summed E-state index contributed by atoms with van der Waals surface area (Å²) in [5.41, 5.74) is -3.49. The highest BCUT2D eigenvalue weighted by atomic mass is 28.3. The maximum absolute atomic E-state index is 14.9. The van der Waals surface area contributed by atoms with Gasteiger partial charge in [-0.25, -0.2) is 22.9 Å². The fraction of sp³-hybridized carbons (Fsp3) is 0.462. The van der Waals surface area contributed by atoms with E-state index in [0.29, 0.717) is 18.7 Å². The van der Waals surface area contributed by atoms with Crippen LogP contribution in [0.3, 0.4) is 0 Å². The molecule has 2 heterocycles. The van der Waals surface area contributed by atoms with Gasteiger partial charge in [0, 0.05) is 52.0 Å². The minimum atomic E-state index is -4.83. The summed E-state index contributed by atoms with van der Waals surface area (Å²) in [5, 5.41) is 3.87. The zero-order valence-electron chi connectivity index (χ0n) is 23.2. The number of methoxy groups -OCH3 is 1. The summed E-state index contributed by atoms with van der Waals surface area (Å²) in [6, 6.07) is 2.33. The van der Waals surface area contributed by atoms with Crippen LogP contribution in [-0.4, -0.2) is 56.2 Å². The van der Waals surface area contributed by atoms with Gasteiger partial charge in [-0.2, -0.15) is 13.2 Å². The fourth-order valence-electron chi connectivity index (χ4n) is 3.76. The first-order valence-electron chi connectivity index (χ1n) is 12.5. The topological polar surface area (TPSA) is 86.6 Å². The van der Waals surface area contributed by atoms with Crippen molar-refractivity contribution in [2.24, 2.45) is 0 Å². The van der Waals surface area contributed by atoms with Crippen molar-refractivity contribution in [3.63, 3.8) is 0 Å². The molecule has 3 aromatic rings. The predicted molar refractivity (Wildman–Crippen MR) is 144 cm³/mol. The van der Waals surface area contributed by atoms with Crippen LogP contribution in [0.4, 0.5) is 36.8 Å². The molecule has 1 aromatic carbocycles. The van der Waals surface area contributed by atoms with E-state index in [0.717, 1.165) is 29.1 Å². The molecule has 2 amide bonds. The molecule has 0 saturated carbocycles. The molecule has 0 aliphatic carbocycles.